The topological polar surface area (TPSA) is 88.3 Å². The van der Waals surface area contributed by atoms with Crippen molar-refractivity contribution in [1.29, 1.82) is 0 Å². The average molecular weight is 318 g/mol. The summed E-state index contributed by atoms with van der Waals surface area (Å²) in [6, 6.07) is 5.80. The van der Waals surface area contributed by atoms with E-state index < -0.39 is 0 Å². The molecule has 1 aromatic rings. The van der Waals surface area contributed by atoms with Gasteiger partial charge < -0.3 is 16.0 Å². The highest BCUT2D eigenvalue weighted by Crippen LogP contribution is 2.16. The number of carbonyl (C=O) groups excluding carboxylic acids is 2. The van der Waals surface area contributed by atoms with E-state index in [1.165, 1.54) is 6.92 Å². The molecule has 6 heteroatoms. The van der Waals surface area contributed by atoms with Crippen molar-refractivity contribution in [2.75, 3.05) is 19.6 Å². The predicted octanol–water partition coefficient (Wildman–Crippen LogP) is 0.716. The normalized spacial score (nSPS) is 21.6. The summed E-state index contributed by atoms with van der Waals surface area (Å²) >= 11 is 0. The van der Waals surface area contributed by atoms with Gasteiger partial charge in [-0.25, -0.2) is 0 Å². The molecule has 2 heterocycles. The van der Waals surface area contributed by atoms with Gasteiger partial charge in [-0.1, -0.05) is 6.07 Å². The quantitative estimate of drug-likeness (QED) is 0.783. The number of rotatable bonds is 5. The van der Waals surface area contributed by atoms with Crippen LogP contribution in [0, 0.1) is 5.92 Å². The third kappa shape index (κ3) is 5.63. The molecule has 1 aromatic heterocycles. The number of nitrogens with one attached hydrogen (secondary N) is 1. The Labute approximate surface area is 137 Å². The van der Waals surface area contributed by atoms with Crippen molar-refractivity contribution in [1.82, 2.24) is 15.2 Å². The fraction of sp³-hybridized carbons (Fsp3) is 0.588. The lowest BCUT2D eigenvalue weighted by molar-refractivity contribution is -0.131. The molecule has 1 saturated heterocycles. The summed E-state index contributed by atoms with van der Waals surface area (Å²) in [7, 11) is 0. The molecule has 3 N–H and O–H groups in total. The first kappa shape index (κ1) is 17.4. The maximum Gasteiger partial charge on any atom is 0.224 e. The minimum absolute atomic E-state index is 0.0182. The zero-order chi connectivity index (χ0) is 16.7. The largest absolute Gasteiger partial charge is 0.356 e. The highest BCUT2D eigenvalue weighted by atomic mass is 16.2. The van der Waals surface area contributed by atoms with Gasteiger partial charge in [0.1, 0.15) is 0 Å². The maximum absolute atomic E-state index is 12.3. The summed E-state index contributed by atoms with van der Waals surface area (Å²) in [5.74, 6) is -0.163. The summed E-state index contributed by atoms with van der Waals surface area (Å²) in [6.07, 6.45) is 4.98. The van der Waals surface area contributed by atoms with Crippen LogP contribution in [0.1, 0.15) is 31.9 Å². The van der Waals surface area contributed by atoms with Crippen LogP contribution in [0.2, 0.25) is 0 Å². The molecule has 126 valence electrons. The predicted molar refractivity (Wildman–Crippen MR) is 88.5 cm³/mol. The van der Waals surface area contributed by atoms with Crippen LogP contribution in [0.3, 0.4) is 0 Å². The molecule has 0 aromatic carbocycles. The second-order valence-corrected chi connectivity index (χ2v) is 6.17. The molecule has 1 aliphatic heterocycles. The Morgan fingerprint density at radius 1 is 1.35 bits per heavy atom. The van der Waals surface area contributed by atoms with Crippen molar-refractivity contribution in [2.45, 2.75) is 38.6 Å². The van der Waals surface area contributed by atoms with Gasteiger partial charge in [0.25, 0.3) is 0 Å². The number of carbonyl (C=O) groups is 2. The van der Waals surface area contributed by atoms with Crippen LogP contribution in [0.5, 0.6) is 0 Å². The van der Waals surface area contributed by atoms with Crippen LogP contribution in [0.25, 0.3) is 0 Å². The smallest absolute Gasteiger partial charge is 0.224 e. The highest BCUT2D eigenvalue weighted by Gasteiger charge is 2.27. The van der Waals surface area contributed by atoms with Gasteiger partial charge in [0, 0.05) is 44.5 Å². The van der Waals surface area contributed by atoms with Gasteiger partial charge in [0.2, 0.25) is 11.8 Å². The monoisotopic (exact) mass is 318 g/mol. The first-order valence-electron chi connectivity index (χ1n) is 8.25. The molecule has 0 unspecified atom stereocenters. The zero-order valence-corrected chi connectivity index (χ0v) is 13.7. The lowest BCUT2D eigenvalue weighted by Crippen LogP contribution is -2.42. The Hall–Kier alpha value is -1.95. The zero-order valence-electron chi connectivity index (χ0n) is 13.7. The van der Waals surface area contributed by atoms with Gasteiger partial charge in [0.15, 0.2) is 0 Å². The summed E-state index contributed by atoms with van der Waals surface area (Å²) in [6.45, 7) is 3.16. The number of nitrogens with two attached hydrogens (primary N) is 1. The van der Waals surface area contributed by atoms with Crippen LogP contribution >= 0.6 is 0 Å². The molecule has 2 amide bonds. The number of amides is 2. The second kappa shape index (κ2) is 8.62. The molecule has 0 saturated carbocycles. The van der Waals surface area contributed by atoms with Crippen molar-refractivity contribution in [3.8, 4) is 0 Å². The van der Waals surface area contributed by atoms with E-state index in [1.54, 1.807) is 11.1 Å². The number of pyridine rings is 1. The van der Waals surface area contributed by atoms with E-state index in [9.17, 15) is 9.59 Å². The van der Waals surface area contributed by atoms with E-state index in [0.717, 1.165) is 31.4 Å². The lowest BCUT2D eigenvalue weighted by atomic mass is 10.0. The van der Waals surface area contributed by atoms with Crippen LogP contribution < -0.4 is 11.1 Å². The van der Waals surface area contributed by atoms with Crippen molar-refractivity contribution in [3.05, 3.63) is 30.1 Å². The molecule has 2 atom stereocenters. The van der Waals surface area contributed by atoms with E-state index in [-0.39, 0.29) is 23.8 Å². The van der Waals surface area contributed by atoms with Gasteiger partial charge >= 0.3 is 0 Å². The molecule has 1 aliphatic rings. The van der Waals surface area contributed by atoms with Gasteiger partial charge in [0.05, 0.1) is 5.92 Å². The van der Waals surface area contributed by atoms with Crippen molar-refractivity contribution in [2.24, 2.45) is 11.7 Å². The van der Waals surface area contributed by atoms with E-state index in [4.69, 9.17) is 5.73 Å². The molecular formula is C17H26N4O2. The summed E-state index contributed by atoms with van der Waals surface area (Å²) in [5.41, 5.74) is 7.01. The lowest BCUT2D eigenvalue weighted by Gasteiger charge is -2.23. The third-order valence-corrected chi connectivity index (χ3v) is 4.23. The van der Waals surface area contributed by atoms with Gasteiger partial charge in [-0.3, -0.25) is 14.6 Å². The van der Waals surface area contributed by atoms with Crippen LogP contribution in [0.15, 0.2) is 24.4 Å². The first-order valence-corrected chi connectivity index (χ1v) is 8.25. The van der Waals surface area contributed by atoms with Crippen LogP contribution in [0.4, 0.5) is 0 Å². The van der Waals surface area contributed by atoms with E-state index in [0.29, 0.717) is 19.6 Å². The third-order valence-electron chi connectivity index (χ3n) is 4.23. The average Bonchev–Trinajstić information content (AvgIpc) is 2.74. The highest BCUT2D eigenvalue weighted by molar-refractivity contribution is 5.80. The van der Waals surface area contributed by atoms with Crippen LogP contribution in [-0.2, 0) is 16.0 Å². The summed E-state index contributed by atoms with van der Waals surface area (Å²) in [4.78, 5) is 29.9. The fourth-order valence-electron chi connectivity index (χ4n) is 2.86. The number of aryl methyl sites for hydroxylation is 1. The molecule has 0 spiro atoms. The van der Waals surface area contributed by atoms with Crippen LogP contribution in [-0.4, -0.2) is 47.4 Å². The van der Waals surface area contributed by atoms with E-state index in [2.05, 4.69) is 10.3 Å². The van der Waals surface area contributed by atoms with Crippen molar-refractivity contribution in [3.63, 3.8) is 0 Å². The number of aromatic nitrogens is 1. The molecule has 1 fully saturated rings. The van der Waals surface area contributed by atoms with Gasteiger partial charge in [-0.15, -0.1) is 0 Å². The Bertz CT molecular complexity index is 521. The standard InChI is InChI=1S/C17H26N4O2/c1-13(22)21-11-14(7-8-15(18)12-21)17(23)20-10-4-6-16-5-2-3-9-19-16/h2-3,5,9,14-15H,4,6-8,10-12,18H2,1H3,(H,20,23)/t14-,15+/m1/s1. The summed E-state index contributed by atoms with van der Waals surface area (Å²) in [5, 5.41) is 2.98. The number of likely N-dealkylation sites (tertiary alicyclic amines) is 1. The summed E-state index contributed by atoms with van der Waals surface area (Å²) < 4.78 is 0. The van der Waals surface area contributed by atoms with Gasteiger partial charge in [-0.05, 0) is 37.8 Å². The SMILES string of the molecule is CC(=O)N1C[C@@H](N)CC[C@@H](C(=O)NCCCc2ccccn2)C1. The molecular weight excluding hydrogens is 292 g/mol. The van der Waals surface area contributed by atoms with Crippen molar-refractivity contribution < 1.29 is 9.59 Å². The van der Waals surface area contributed by atoms with Gasteiger partial charge in [-0.2, -0.15) is 0 Å². The molecule has 0 radical (unpaired) electrons. The number of nitrogens with zero attached hydrogens (tertiary/aromatic N) is 2. The number of hydrogen-bond acceptors (Lipinski definition) is 4. The number of hydrogen-bond donors (Lipinski definition) is 2. The Balaban J connectivity index is 1.76. The first-order chi connectivity index (χ1) is 11.1. The van der Waals surface area contributed by atoms with E-state index in [1.807, 2.05) is 18.2 Å². The molecule has 0 aliphatic carbocycles. The Kier molecular flexibility index (Phi) is 6.52. The minimum atomic E-state index is -0.165. The van der Waals surface area contributed by atoms with E-state index >= 15 is 0 Å². The molecule has 23 heavy (non-hydrogen) atoms. The minimum Gasteiger partial charge on any atom is -0.356 e. The maximum atomic E-state index is 12.3. The Morgan fingerprint density at radius 3 is 2.87 bits per heavy atom. The fourth-order valence-corrected chi connectivity index (χ4v) is 2.86. The second-order valence-electron chi connectivity index (χ2n) is 6.17. The molecule has 6 nitrogen and oxygen atoms in total. The molecule has 0 bridgehead atoms. The van der Waals surface area contributed by atoms with Crippen molar-refractivity contribution >= 4 is 11.8 Å². The Morgan fingerprint density at radius 2 is 2.17 bits per heavy atom. The molecule has 2 rings (SSSR count).